The third-order valence-corrected chi connectivity index (χ3v) is 2.67. The van der Waals surface area contributed by atoms with Crippen LogP contribution in [0.4, 0.5) is 18.9 Å². The summed E-state index contributed by atoms with van der Waals surface area (Å²) in [5.74, 6) is -0.687. The minimum atomic E-state index is -4.72. The molecule has 0 aliphatic rings. The van der Waals surface area contributed by atoms with Crippen LogP contribution in [0.1, 0.15) is 27.6 Å². The van der Waals surface area contributed by atoms with E-state index >= 15 is 0 Å². The van der Waals surface area contributed by atoms with Gasteiger partial charge < -0.3 is 14.8 Å². The number of anilines is 1. The van der Waals surface area contributed by atoms with E-state index in [4.69, 9.17) is 9.52 Å². The number of alkyl halides is 3. The Labute approximate surface area is 117 Å². The Balaban J connectivity index is 2.22. The van der Waals surface area contributed by atoms with Gasteiger partial charge >= 0.3 is 12.1 Å². The van der Waals surface area contributed by atoms with Crippen molar-refractivity contribution >= 4 is 11.7 Å². The highest BCUT2D eigenvalue weighted by molar-refractivity contribution is 5.91. The quantitative estimate of drug-likeness (QED) is 0.906. The summed E-state index contributed by atoms with van der Waals surface area (Å²) in [6.45, 7) is 1.84. The van der Waals surface area contributed by atoms with Crippen LogP contribution in [0.15, 0.2) is 28.8 Å². The van der Waals surface area contributed by atoms with Gasteiger partial charge in [0.05, 0.1) is 23.9 Å². The van der Waals surface area contributed by atoms with E-state index in [1.165, 1.54) is 6.20 Å². The summed E-state index contributed by atoms with van der Waals surface area (Å²) in [5.41, 5.74) is -1.76. The molecule has 5 nitrogen and oxygen atoms in total. The summed E-state index contributed by atoms with van der Waals surface area (Å²) in [7, 11) is 0. The lowest BCUT2D eigenvalue weighted by atomic mass is 10.1. The summed E-state index contributed by atoms with van der Waals surface area (Å²) in [6, 6.07) is 2.82. The van der Waals surface area contributed by atoms with E-state index in [1.807, 2.05) is 0 Å². The van der Waals surface area contributed by atoms with Crippen molar-refractivity contribution in [3.05, 3.63) is 47.2 Å². The molecule has 112 valence electrons. The Bertz CT molecular complexity index is 665. The molecular formula is C13H11F3N2O3. The number of oxazole rings is 1. The van der Waals surface area contributed by atoms with Crippen LogP contribution in [0, 0.1) is 6.92 Å². The Hall–Kier alpha value is -2.51. The standard InChI is InChI=1S/C13H11F3N2O3/c1-7-5-18-11(21-7)6-17-8-2-3-10(13(14,15)16)9(4-8)12(19)20/h2-5,17H,6H2,1H3,(H,19,20). The van der Waals surface area contributed by atoms with Crippen molar-refractivity contribution < 1.29 is 27.5 Å². The third kappa shape index (κ3) is 3.53. The zero-order chi connectivity index (χ0) is 15.6. The third-order valence-electron chi connectivity index (χ3n) is 2.67. The highest BCUT2D eigenvalue weighted by Gasteiger charge is 2.35. The molecule has 0 saturated heterocycles. The molecule has 0 unspecified atom stereocenters. The molecule has 0 fully saturated rings. The SMILES string of the molecule is Cc1cnc(CNc2ccc(C(F)(F)F)c(C(=O)O)c2)o1. The first-order valence-electron chi connectivity index (χ1n) is 5.87. The van der Waals surface area contributed by atoms with E-state index in [9.17, 15) is 18.0 Å². The van der Waals surface area contributed by atoms with Crippen LogP contribution in [-0.4, -0.2) is 16.1 Å². The van der Waals surface area contributed by atoms with Crippen molar-refractivity contribution in [1.29, 1.82) is 0 Å². The number of carboxylic acids is 1. The number of nitrogens with one attached hydrogen (secondary N) is 1. The van der Waals surface area contributed by atoms with Gasteiger partial charge in [0.25, 0.3) is 0 Å². The van der Waals surface area contributed by atoms with E-state index in [-0.39, 0.29) is 12.2 Å². The molecule has 21 heavy (non-hydrogen) atoms. The van der Waals surface area contributed by atoms with Gasteiger partial charge in [-0.1, -0.05) is 0 Å². The molecule has 0 atom stereocenters. The molecule has 2 rings (SSSR count). The van der Waals surface area contributed by atoms with Crippen molar-refractivity contribution in [2.24, 2.45) is 0 Å². The van der Waals surface area contributed by atoms with Gasteiger partial charge in [0, 0.05) is 5.69 Å². The second kappa shape index (κ2) is 5.47. The number of aromatic nitrogens is 1. The van der Waals surface area contributed by atoms with Crippen LogP contribution in [-0.2, 0) is 12.7 Å². The van der Waals surface area contributed by atoms with Crippen LogP contribution in [0.2, 0.25) is 0 Å². The van der Waals surface area contributed by atoms with Crippen LogP contribution in [0.3, 0.4) is 0 Å². The van der Waals surface area contributed by atoms with E-state index in [2.05, 4.69) is 10.3 Å². The fourth-order valence-electron chi connectivity index (χ4n) is 1.74. The van der Waals surface area contributed by atoms with Crippen LogP contribution in [0.5, 0.6) is 0 Å². The molecular weight excluding hydrogens is 289 g/mol. The molecule has 0 spiro atoms. The number of hydrogen-bond acceptors (Lipinski definition) is 4. The molecule has 2 N–H and O–H groups in total. The normalized spacial score (nSPS) is 11.4. The summed E-state index contributed by atoms with van der Waals surface area (Å²) in [6.07, 6.45) is -3.21. The highest BCUT2D eigenvalue weighted by Crippen LogP contribution is 2.33. The molecule has 0 bridgehead atoms. The molecule has 1 aromatic heterocycles. The number of aromatic carboxylic acids is 1. The maximum Gasteiger partial charge on any atom is 0.417 e. The van der Waals surface area contributed by atoms with Crippen molar-refractivity contribution in [2.45, 2.75) is 19.6 Å². The number of hydrogen-bond donors (Lipinski definition) is 2. The average Bonchev–Trinajstić information content (AvgIpc) is 2.80. The number of rotatable bonds is 4. The zero-order valence-corrected chi connectivity index (χ0v) is 10.9. The lowest BCUT2D eigenvalue weighted by Gasteiger charge is -2.12. The predicted molar refractivity (Wildman–Crippen MR) is 67.0 cm³/mol. The number of nitrogens with zero attached hydrogens (tertiary/aromatic N) is 1. The van der Waals surface area contributed by atoms with Gasteiger partial charge in [-0.2, -0.15) is 13.2 Å². The van der Waals surface area contributed by atoms with Crippen molar-refractivity contribution in [1.82, 2.24) is 4.98 Å². The Morgan fingerprint density at radius 3 is 2.67 bits per heavy atom. The van der Waals surface area contributed by atoms with Crippen molar-refractivity contribution in [2.75, 3.05) is 5.32 Å². The number of carboxylic acid groups (broad SMARTS) is 1. The maximum atomic E-state index is 12.7. The van der Waals surface area contributed by atoms with Crippen LogP contribution >= 0.6 is 0 Å². The van der Waals surface area contributed by atoms with Gasteiger partial charge in [0.2, 0.25) is 5.89 Å². The second-order valence-electron chi connectivity index (χ2n) is 4.28. The minimum Gasteiger partial charge on any atom is -0.478 e. The summed E-state index contributed by atoms with van der Waals surface area (Å²) < 4.78 is 43.2. The molecule has 1 aromatic carbocycles. The fraction of sp³-hybridized carbons (Fsp3) is 0.231. The largest absolute Gasteiger partial charge is 0.478 e. The van der Waals surface area contributed by atoms with Crippen LogP contribution in [0.25, 0.3) is 0 Å². The van der Waals surface area contributed by atoms with Gasteiger partial charge in [-0.25, -0.2) is 9.78 Å². The number of benzene rings is 1. The lowest BCUT2D eigenvalue weighted by molar-refractivity contribution is -0.138. The lowest BCUT2D eigenvalue weighted by Crippen LogP contribution is -2.13. The number of halogens is 3. The molecule has 0 aliphatic heterocycles. The molecule has 0 amide bonds. The smallest absolute Gasteiger partial charge is 0.417 e. The second-order valence-corrected chi connectivity index (χ2v) is 4.28. The molecule has 8 heteroatoms. The van der Waals surface area contributed by atoms with Gasteiger partial charge in [-0.3, -0.25) is 0 Å². The van der Waals surface area contributed by atoms with E-state index in [1.54, 1.807) is 6.92 Å². The Kier molecular flexibility index (Phi) is 3.88. The first-order chi connectivity index (χ1) is 9.77. The molecule has 2 aromatic rings. The van der Waals surface area contributed by atoms with Crippen LogP contribution < -0.4 is 5.32 Å². The van der Waals surface area contributed by atoms with Crippen molar-refractivity contribution in [3.63, 3.8) is 0 Å². The zero-order valence-electron chi connectivity index (χ0n) is 10.9. The number of carbonyl (C=O) groups is 1. The summed E-state index contributed by atoms with van der Waals surface area (Å²) in [5, 5.41) is 11.6. The Morgan fingerprint density at radius 2 is 2.14 bits per heavy atom. The van der Waals surface area contributed by atoms with Gasteiger partial charge in [0.15, 0.2) is 0 Å². The minimum absolute atomic E-state index is 0.137. The number of aryl methyl sites for hydroxylation is 1. The van der Waals surface area contributed by atoms with E-state index in [0.29, 0.717) is 11.7 Å². The summed E-state index contributed by atoms with van der Waals surface area (Å²) in [4.78, 5) is 14.9. The first kappa shape index (κ1) is 14.9. The predicted octanol–water partition coefficient (Wildman–Crippen LogP) is 3.31. The van der Waals surface area contributed by atoms with E-state index in [0.717, 1.165) is 18.2 Å². The van der Waals surface area contributed by atoms with Gasteiger partial charge in [0.1, 0.15) is 5.76 Å². The van der Waals surface area contributed by atoms with Crippen molar-refractivity contribution in [3.8, 4) is 0 Å². The topological polar surface area (TPSA) is 75.4 Å². The van der Waals surface area contributed by atoms with Gasteiger partial charge in [-0.05, 0) is 25.1 Å². The maximum absolute atomic E-state index is 12.7. The molecule has 1 heterocycles. The fourth-order valence-corrected chi connectivity index (χ4v) is 1.74. The highest BCUT2D eigenvalue weighted by atomic mass is 19.4. The average molecular weight is 300 g/mol. The Morgan fingerprint density at radius 1 is 1.43 bits per heavy atom. The molecule has 0 radical (unpaired) electrons. The van der Waals surface area contributed by atoms with Gasteiger partial charge in [-0.15, -0.1) is 0 Å². The summed E-state index contributed by atoms with van der Waals surface area (Å²) >= 11 is 0. The molecule has 0 aliphatic carbocycles. The monoisotopic (exact) mass is 300 g/mol. The van der Waals surface area contributed by atoms with E-state index < -0.39 is 23.3 Å². The first-order valence-corrected chi connectivity index (χ1v) is 5.87. The molecule has 0 saturated carbocycles.